The molecule has 6 heteroatoms. The smallest absolute Gasteiger partial charge is 0.224 e. The van der Waals surface area contributed by atoms with Gasteiger partial charge in [0, 0.05) is 5.02 Å². The summed E-state index contributed by atoms with van der Waals surface area (Å²) in [5, 5.41) is 3.45. The summed E-state index contributed by atoms with van der Waals surface area (Å²) in [6.45, 7) is 1.78. The van der Waals surface area contributed by atoms with Gasteiger partial charge >= 0.3 is 0 Å². The predicted molar refractivity (Wildman–Crippen MR) is 75.0 cm³/mol. The number of hydrogen-bond acceptors (Lipinski definition) is 3. The fourth-order valence-corrected chi connectivity index (χ4v) is 4.50. The molecular formula is C13H16ClNO3S. The summed E-state index contributed by atoms with van der Waals surface area (Å²) < 4.78 is 22.9. The Bertz CT molecular complexity index is 582. The second-order valence-electron chi connectivity index (χ2n) is 5.25. The van der Waals surface area contributed by atoms with Crippen molar-refractivity contribution in [1.82, 2.24) is 5.32 Å². The highest BCUT2D eigenvalue weighted by Crippen LogP contribution is 2.23. The molecule has 2 rings (SSSR count). The summed E-state index contributed by atoms with van der Waals surface area (Å²) in [5.74, 6) is -0.00111. The summed E-state index contributed by atoms with van der Waals surface area (Å²) in [6.07, 6.45) is 0.703. The van der Waals surface area contributed by atoms with E-state index in [0.29, 0.717) is 11.4 Å². The first-order valence-electron chi connectivity index (χ1n) is 6.04. The lowest BCUT2D eigenvalue weighted by molar-refractivity contribution is -0.121. The normalized spacial score (nSPS) is 25.2. The van der Waals surface area contributed by atoms with E-state index < -0.39 is 15.4 Å². The van der Waals surface area contributed by atoms with Gasteiger partial charge in [0.1, 0.15) is 0 Å². The van der Waals surface area contributed by atoms with Crippen molar-refractivity contribution < 1.29 is 13.2 Å². The van der Waals surface area contributed by atoms with Crippen molar-refractivity contribution in [2.45, 2.75) is 25.3 Å². The van der Waals surface area contributed by atoms with Gasteiger partial charge in [-0.25, -0.2) is 8.42 Å². The maximum Gasteiger partial charge on any atom is 0.224 e. The van der Waals surface area contributed by atoms with Crippen LogP contribution in [0.15, 0.2) is 24.3 Å². The molecule has 1 heterocycles. The molecular weight excluding hydrogens is 286 g/mol. The van der Waals surface area contributed by atoms with E-state index in [1.807, 2.05) is 0 Å². The fourth-order valence-electron chi connectivity index (χ4n) is 2.28. The minimum Gasteiger partial charge on any atom is -0.350 e. The Labute approximate surface area is 118 Å². The van der Waals surface area contributed by atoms with E-state index in [9.17, 15) is 13.2 Å². The summed E-state index contributed by atoms with van der Waals surface area (Å²) in [4.78, 5) is 11.9. The topological polar surface area (TPSA) is 63.2 Å². The molecule has 1 amide bonds. The molecule has 0 saturated carbocycles. The molecule has 0 spiro atoms. The molecule has 1 aliphatic heterocycles. The molecule has 0 unspecified atom stereocenters. The molecule has 1 saturated heterocycles. The van der Waals surface area contributed by atoms with Crippen LogP contribution in [0.3, 0.4) is 0 Å². The van der Waals surface area contributed by atoms with Gasteiger partial charge in [0.2, 0.25) is 5.91 Å². The van der Waals surface area contributed by atoms with Gasteiger partial charge in [0.15, 0.2) is 9.84 Å². The van der Waals surface area contributed by atoms with Gasteiger partial charge in [-0.2, -0.15) is 0 Å². The van der Waals surface area contributed by atoms with Crippen molar-refractivity contribution in [3.8, 4) is 0 Å². The zero-order valence-electron chi connectivity index (χ0n) is 10.6. The van der Waals surface area contributed by atoms with Gasteiger partial charge in [0.25, 0.3) is 0 Å². The molecule has 1 aromatic carbocycles. The summed E-state index contributed by atoms with van der Waals surface area (Å²) in [6, 6.07) is 7.03. The van der Waals surface area contributed by atoms with E-state index in [0.717, 1.165) is 5.56 Å². The van der Waals surface area contributed by atoms with Crippen molar-refractivity contribution in [2.24, 2.45) is 0 Å². The second-order valence-corrected chi connectivity index (χ2v) is 7.87. The monoisotopic (exact) mass is 301 g/mol. The van der Waals surface area contributed by atoms with Crippen molar-refractivity contribution >= 4 is 27.3 Å². The van der Waals surface area contributed by atoms with Crippen LogP contribution in [0, 0.1) is 0 Å². The molecule has 1 atom stereocenters. The first-order valence-corrected chi connectivity index (χ1v) is 8.24. The van der Waals surface area contributed by atoms with Crippen LogP contribution < -0.4 is 5.32 Å². The summed E-state index contributed by atoms with van der Waals surface area (Å²) in [5.41, 5.74) is 0.217. The third-order valence-corrected chi connectivity index (χ3v) is 5.38. The largest absolute Gasteiger partial charge is 0.350 e. The number of carbonyl (C=O) groups is 1. The van der Waals surface area contributed by atoms with E-state index in [2.05, 4.69) is 5.32 Å². The Morgan fingerprint density at radius 3 is 2.53 bits per heavy atom. The number of sulfone groups is 1. The molecule has 1 N–H and O–H groups in total. The van der Waals surface area contributed by atoms with E-state index in [-0.39, 0.29) is 23.8 Å². The number of amides is 1. The maximum absolute atomic E-state index is 11.9. The molecule has 1 fully saturated rings. The first kappa shape index (κ1) is 14.3. The van der Waals surface area contributed by atoms with Gasteiger partial charge in [-0.1, -0.05) is 23.7 Å². The van der Waals surface area contributed by atoms with Crippen LogP contribution in [-0.4, -0.2) is 31.4 Å². The number of carbonyl (C=O) groups excluding carboxylic acids is 1. The van der Waals surface area contributed by atoms with E-state index in [4.69, 9.17) is 11.6 Å². The number of hydrogen-bond donors (Lipinski definition) is 1. The summed E-state index contributed by atoms with van der Waals surface area (Å²) >= 11 is 5.77. The Balaban J connectivity index is 1.97. The lowest BCUT2D eigenvalue weighted by Gasteiger charge is -2.23. The third kappa shape index (κ3) is 3.94. The van der Waals surface area contributed by atoms with Crippen molar-refractivity contribution in [1.29, 1.82) is 0 Å². The number of benzene rings is 1. The highest BCUT2D eigenvalue weighted by molar-refractivity contribution is 7.91. The Kier molecular flexibility index (Phi) is 3.87. The maximum atomic E-state index is 11.9. The van der Waals surface area contributed by atoms with Crippen LogP contribution >= 0.6 is 11.6 Å². The van der Waals surface area contributed by atoms with Gasteiger partial charge in [0.05, 0.1) is 23.5 Å². The van der Waals surface area contributed by atoms with Crippen LogP contribution in [0.1, 0.15) is 18.9 Å². The van der Waals surface area contributed by atoms with Crippen molar-refractivity contribution in [3.63, 3.8) is 0 Å². The van der Waals surface area contributed by atoms with Crippen LogP contribution in [-0.2, 0) is 21.1 Å². The van der Waals surface area contributed by atoms with Crippen LogP contribution in [0.2, 0.25) is 5.02 Å². The Morgan fingerprint density at radius 2 is 2.00 bits per heavy atom. The zero-order valence-corrected chi connectivity index (χ0v) is 12.2. The molecule has 1 aromatic rings. The molecule has 1 aliphatic rings. The molecule has 0 radical (unpaired) electrons. The van der Waals surface area contributed by atoms with E-state index in [1.165, 1.54) is 0 Å². The molecule has 104 valence electrons. The highest BCUT2D eigenvalue weighted by atomic mass is 35.5. The molecule has 0 aliphatic carbocycles. The second kappa shape index (κ2) is 5.13. The average Bonchev–Trinajstić information content (AvgIpc) is 2.56. The van der Waals surface area contributed by atoms with E-state index >= 15 is 0 Å². The molecule has 4 nitrogen and oxygen atoms in total. The van der Waals surface area contributed by atoms with Gasteiger partial charge in [-0.3, -0.25) is 4.79 Å². The van der Waals surface area contributed by atoms with E-state index in [1.54, 1.807) is 31.2 Å². The lowest BCUT2D eigenvalue weighted by atomic mass is 10.0. The van der Waals surface area contributed by atoms with Crippen LogP contribution in [0.4, 0.5) is 0 Å². The van der Waals surface area contributed by atoms with Crippen LogP contribution in [0.5, 0.6) is 0 Å². The predicted octanol–water partition coefficient (Wildman–Crippen LogP) is 1.58. The molecule has 19 heavy (non-hydrogen) atoms. The Hall–Kier alpha value is -1.07. The van der Waals surface area contributed by atoms with Gasteiger partial charge in [-0.05, 0) is 31.0 Å². The molecule has 0 bridgehead atoms. The number of halogens is 1. The SMILES string of the molecule is C[C@@]1(NC(=O)Cc2ccc(Cl)cc2)CCS(=O)(=O)C1. The zero-order chi connectivity index (χ0) is 14.1. The van der Waals surface area contributed by atoms with Crippen molar-refractivity contribution in [2.75, 3.05) is 11.5 Å². The average molecular weight is 302 g/mol. The van der Waals surface area contributed by atoms with Crippen LogP contribution in [0.25, 0.3) is 0 Å². The number of rotatable bonds is 3. The summed E-state index contributed by atoms with van der Waals surface area (Å²) in [7, 11) is -3.01. The highest BCUT2D eigenvalue weighted by Gasteiger charge is 2.39. The van der Waals surface area contributed by atoms with Gasteiger partial charge < -0.3 is 5.32 Å². The molecule has 0 aromatic heterocycles. The fraction of sp³-hybridized carbons (Fsp3) is 0.462. The minimum atomic E-state index is -3.01. The third-order valence-electron chi connectivity index (χ3n) is 3.22. The van der Waals surface area contributed by atoms with Crippen molar-refractivity contribution in [3.05, 3.63) is 34.9 Å². The number of nitrogens with one attached hydrogen (secondary N) is 1. The van der Waals surface area contributed by atoms with Gasteiger partial charge in [-0.15, -0.1) is 0 Å². The first-order chi connectivity index (χ1) is 8.78. The lowest BCUT2D eigenvalue weighted by Crippen LogP contribution is -2.47. The standard InChI is InChI=1S/C13H16ClNO3S/c1-13(6-7-19(17,18)9-13)15-12(16)8-10-2-4-11(14)5-3-10/h2-5H,6-9H2,1H3,(H,15,16)/t13-/m1/s1. The quantitative estimate of drug-likeness (QED) is 0.922. The Morgan fingerprint density at radius 1 is 1.37 bits per heavy atom. The minimum absolute atomic E-state index is 0.0202.